The van der Waals surface area contributed by atoms with Crippen molar-refractivity contribution in [3.05, 3.63) is 57.1 Å². The van der Waals surface area contributed by atoms with Gasteiger partial charge in [0.05, 0.1) is 5.69 Å². The number of hydrogen-bond donors (Lipinski definition) is 2. The molecule has 0 unspecified atom stereocenters. The van der Waals surface area contributed by atoms with Crippen LogP contribution in [0.3, 0.4) is 0 Å². The first-order valence-electron chi connectivity index (χ1n) is 6.00. The normalized spacial score (nSPS) is 10.4. The minimum absolute atomic E-state index is 0.111. The summed E-state index contributed by atoms with van der Waals surface area (Å²) in [5.74, 6) is -1.19. The van der Waals surface area contributed by atoms with Crippen LogP contribution in [0.2, 0.25) is 0 Å². The molecule has 0 aliphatic rings. The molecule has 2 aromatic rings. The van der Waals surface area contributed by atoms with Crippen LogP contribution in [0, 0.1) is 5.82 Å². The molecule has 1 aromatic heterocycles. The van der Waals surface area contributed by atoms with Gasteiger partial charge in [-0.1, -0.05) is 0 Å². The first-order chi connectivity index (χ1) is 9.88. The van der Waals surface area contributed by atoms with Crippen LogP contribution in [-0.4, -0.2) is 15.0 Å². The molecule has 0 fully saturated rings. The molecule has 1 amide bonds. The molecule has 8 heteroatoms. The van der Waals surface area contributed by atoms with Crippen molar-refractivity contribution in [3.8, 4) is 0 Å². The second-order valence-corrected chi connectivity index (χ2v) is 4.42. The Hall–Kier alpha value is -2.90. The minimum atomic E-state index is -0.601. The highest BCUT2D eigenvalue weighted by Gasteiger charge is 2.09. The lowest BCUT2D eigenvalue weighted by Gasteiger charge is -2.08. The van der Waals surface area contributed by atoms with Crippen LogP contribution in [0.1, 0.15) is 0 Å². The molecule has 21 heavy (non-hydrogen) atoms. The number of nitrogens with zero attached hydrogens (tertiary/aromatic N) is 2. The van der Waals surface area contributed by atoms with Crippen molar-refractivity contribution in [2.45, 2.75) is 6.54 Å². The van der Waals surface area contributed by atoms with Gasteiger partial charge in [-0.2, -0.15) is 0 Å². The summed E-state index contributed by atoms with van der Waals surface area (Å²) in [5, 5.41) is 2.44. The van der Waals surface area contributed by atoms with Gasteiger partial charge in [0.2, 0.25) is 5.91 Å². The molecule has 7 nitrogen and oxygen atoms in total. The number of nitrogen functional groups attached to an aromatic ring is 1. The van der Waals surface area contributed by atoms with E-state index in [9.17, 15) is 18.8 Å². The van der Waals surface area contributed by atoms with Gasteiger partial charge < -0.3 is 15.6 Å². The van der Waals surface area contributed by atoms with E-state index in [1.165, 1.54) is 36.0 Å². The SMILES string of the molecule is Cn1ccc(=O)n(CC(=O)Nc2ccc(F)c(N)c2)c1=O. The number of carbonyl (C=O) groups is 1. The van der Waals surface area contributed by atoms with Crippen molar-refractivity contribution >= 4 is 17.3 Å². The topological polar surface area (TPSA) is 99.1 Å². The van der Waals surface area contributed by atoms with Crippen molar-refractivity contribution in [3.63, 3.8) is 0 Å². The highest BCUT2D eigenvalue weighted by Crippen LogP contribution is 2.16. The first-order valence-corrected chi connectivity index (χ1v) is 6.00. The molecule has 0 saturated carbocycles. The second-order valence-electron chi connectivity index (χ2n) is 4.42. The Kier molecular flexibility index (Phi) is 3.88. The zero-order valence-corrected chi connectivity index (χ0v) is 11.2. The maximum absolute atomic E-state index is 13.0. The lowest BCUT2D eigenvalue weighted by molar-refractivity contribution is -0.116. The number of rotatable bonds is 3. The summed E-state index contributed by atoms with van der Waals surface area (Å²) in [6, 6.07) is 4.87. The quantitative estimate of drug-likeness (QED) is 0.772. The Morgan fingerprint density at radius 2 is 2.05 bits per heavy atom. The van der Waals surface area contributed by atoms with Crippen LogP contribution >= 0.6 is 0 Å². The third kappa shape index (κ3) is 3.16. The van der Waals surface area contributed by atoms with Crippen molar-refractivity contribution in [1.29, 1.82) is 0 Å². The van der Waals surface area contributed by atoms with Gasteiger partial charge >= 0.3 is 5.69 Å². The molecule has 0 bridgehead atoms. The molecule has 1 aromatic carbocycles. The molecular formula is C13H13FN4O3. The number of halogens is 1. The summed E-state index contributed by atoms with van der Waals surface area (Å²) in [6.07, 6.45) is 1.32. The third-order valence-corrected chi connectivity index (χ3v) is 2.82. The minimum Gasteiger partial charge on any atom is -0.396 e. The molecular weight excluding hydrogens is 279 g/mol. The van der Waals surface area contributed by atoms with E-state index < -0.39 is 29.5 Å². The van der Waals surface area contributed by atoms with Gasteiger partial charge in [0.15, 0.2) is 0 Å². The van der Waals surface area contributed by atoms with Crippen molar-refractivity contribution < 1.29 is 9.18 Å². The fraction of sp³-hybridized carbons (Fsp3) is 0.154. The molecule has 0 atom stereocenters. The predicted molar refractivity (Wildman–Crippen MR) is 75.4 cm³/mol. The zero-order valence-electron chi connectivity index (χ0n) is 11.2. The summed E-state index contributed by atoms with van der Waals surface area (Å²) in [6.45, 7) is -0.441. The maximum Gasteiger partial charge on any atom is 0.331 e. The van der Waals surface area contributed by atoms with E-state index in [1.54, 1.807) is 0 Å². The van der Waals surface area contributed by atoms with E-state index in [4.69, 9.17) is 5.73 Å². The highest BCUT2D eigenvalue weighted by molar-refractivity contribution is 5.91. The number of nitrogens with one attached hydrogen (secondary N) is 1. The molecule has 1 heterocycles. The van der Waals surface area contributed by atoms with Crippen molar-refractivity contribution in [2.24, 2.45) is 7.05 Å². The van der Waals surface area contributed by atoms with E-state index in [1.807, 2.05) is 0 Å². The van der Waals surface area contributed by atoms with E-state index in [0.717, 1.165) is 10.6 Å². The number of benzene rings is 1. The predicted octanol–water partition coefficient (Wildman–Crippen LogP) is -0.0930. The maximum atomic E-state index is 13.0. The standard InChI is InChI=1S/C13H13FN4O3/c1-17-5-4-12(20)18(13(17)21)7-11(19)16-8-2-3-9(14)10(15)6-8/h2-6H,7,15H2,1H3,(H,16,19). The molecule has 3 N–H and O–H groups in total. The number of aryl methyl sites for hydroxylation is 1. The van der Waals surface area contributed by atoms with Crippen LogP contribution in [0.25, 0.3) is 0 Å². The van der Waals surface area contributed by atoms with Gasteiger partial charge in [0.1, 0.15) is 12.4 Å². The average Bonchev–Trinajstić information content (AvgIpc) is 2.43. The number of carbonyl (C=O) groups excluding carboxylic acids is 1. The van der Waals surface area contributed by atoms with E-state index in [-0.39, 0.29) is 11.4 Å². The largest absolute Gasteiger partial charge is 0.396 e. The zero-order chi connectivity index (χ0) is 15.6. The smallest absolute Gasteiger partial charge is 0.331 e. The van der Waals surface area contributed by atoms with Gasteiger partial charge in [-0.05, 0) is 18.2 Å². The van der Waals surface area contributed by atoms with Gasteiger partial charge in [-0.3, -0.25) is 14.2 Å². The van der Waals surface area contributed by atoms with Crippen LogP contribution in [0.15, 0.2) is 40.1 Å². The number of aromatic nitrogens is 2. The van der Waals surface area contributed by atoms with Crippen LogP contribution in [0.5, 0.6) is 0 Å². The molecule has 0 radical (unpaired) electrons. The summed E-state index contributed by atoms with van der Waals surface area (Å²) in [4.78, 5) is 35.2. The van der Waals surface area contributed by atoms with Crippen LogP contribution < -0.4 is 22.3 Å². The molecule has 0 saturated heterocycles. The summed E-state index contributed by atoms with van der Waals surface area (Å²) in [7, 11) is 1.47. The number of hydrogen-bond acceptors (Lipinski definition) is 4. The van der Waals surface area contributed by atoms with Crippen LogP contribution in [0.4, 0.5) is 15.8 Å². The second kappa shape index (κ2) is 5.61. The van der Waals surface area contributed by atoms with Gasteiger partial charge in [0, 0.05) is 25.0 Å². The fourth-order valence-electron chi connectivity index (χ4n) is 1.73. The highest BCUT2D eigenvalue weighted by atomic mass is 19.1. The average molecular weight is 292 g/mol. The third-order valence-electron chi connectivity index (χ3n) is 2.82. The molecule has 0 aliphatic carbocycles. The summed E-state index contributed by atoms with van der Waals surface area (Å²) in [5.41, 5.74) is 4.37. The van der Waals surface area contributed by atoms with Crippen molar-refractivity contribution in [1.82, 2.24) is 9.13 Å². The van der Waals surface area contributed by atoms with Crippen molar-refractivity contribution in [2.75, 3.05) is 11.1 Å². The van der Waals surface area contributed by atoms with Gasteiger partial charge in [-0.15, -0.1) is 0 Å². The summed E-state index contributed by atoms with van der Waals surface area (Å²) < 4.78 is 15.0. The fourth-order valence-corrected chi connectivity index (χ4v) is 1.73. The Morgan fingerprint density at radius 3 is 2.71 bits per heavy atom. The molecule has 2 rings (SSSR count). The summed E-state index contributed by atoms with van der Waals surface area (Å²) >= 11 is 0. The molecule has 0 aliphatic heterocycles. The molecule has 0 spiro atoms. The number of anilines is 2. The monoisotopic (exact) mass is 292 g/mol. The molecule has 110 valence electrons. The van der Waals surface area contributed by atoms with E-state index in [2.05, 4.69) is 5.32 Å². The Morgan fingerprint density at radius 1 is 1.33 bits per heavy atom. The lowest BCUT2D eigenvalue weighted by Crippen LogP contribution is -2.40. The Bertz CT molecular complexity index is 810. The first kappa shape index (κ1) is 14.5. The Balaban J connectivity index is 2.19. The van der Waals surface area contributed by atoms with Crippen LogP contribution in [-0.2, 0) is 18.4 Å². The number of amides is 1. The Labute approximate surface area is 118 Å². The van der Waals surface area contributed by atoms with Gasteiger partial charge in [0.25, 0.3) is 5.56 Å². The lowest BCUT2D eigenvalue weighted by atomic mass is 10.2. The number of nitrogens with two attached hydrogens (primary N) is 1. The van der Waals surface area contributed by atoms with E-state index in [0.29, 0.717) is 0 Å². The van der Waals surface area contributed by atoms with Gasteiger partial charge in [-0.25, -0.2) is 9.18 Å². The van der Waals surface area contributed by atoms with E-state index >= 15 is 0 Å².